The van der Waals surface area contributed by atoms with Crippen LogP contribution < -0.4 is 10.2 Å². The van der Waals surface area contributed by atoms with Gasteiger partial charge in [0.15, 0.2) is 0 Å². The topological polar surface area (TPSA) is 28.2 Å². The molecule has 0 saturated carbocycles. The van der Waals surface area contributed by atoms with Gasteiger partial charge in [-0.1, -0.05) is 18.9 Å². The van der Waals surface area contributed by atoms with E-state index >= 15 is 0 Å². The third kappa shape index (κ3) is 2.95. The lowest BCUT2D eigenvalue weighted by Crippen LogP contribution is -2.25. The molecule has 0 radical (unpaired) electrons. The van der Waals surface area contributed by atoms with Crippen molar-refractivity contribution in [1.82, 2.24) is 10.3 Å². The van der Waals surface area contributed by atoms with Crippen molar-refractivity contribution in [2.24, 2.45) is 0 Å². The van der Waals surface area contributed by atoms with Crippen LogP contribution in [0.25, 0.3) is 0 Å². The van der Waals surface area contributed by atoms with Crippen LogP contribution in [0.1, 0.15) is 31.4 Å². The summed E-state index contributed by atoms with van der Waals surface area (Å²) in [6, 6.07) is 6.32. The summed E-state index contributed by atoms with van der Waals surface area (Å²) >= 11 is 0. The maximum absolute atomic E-state index is 4.69. The molecule has 1 aromatic rings. The minimum Gasteiger partial charge on any atom is -0.357 e. The zero-order valence-electron chi connectivity index (χ0n) is 10.1. The van der Waals surface area contributed by atoms with Crippen LogP contribution in [0.3, 0.4) is 0 Å². The van der Waals surface area contributed by atoms with Crippen LogP contribution in [0.15, 0.2) is 18.2 Å². The maximum Gasteiger partial charge on any atom is 0.128 e. The Hall–Kier alpha value is -1.09. The third-order valence-corrected chi connectivity index (χ3v) is 3.08. The molecule has 0 aliphatic carbocycles. The number of nitrogens with zero attached hydrogens (tertiary/aromatic N) is 2. The second-order valence-corrected chi connectivity index (χ2v) is 4.42. The largest absolute Gasteiger partial charge is 0.357 e. The Morgan fingerprint density at radius 3 is 2.62 bits per heavy atom. The Kier molecular flexibility index (Phi) is 4.17. The summed E-state index contributed by atoms with van der Waals surface area (Å²) in [7, 11) is 1.96. The molecule has 0 unspecified atom stereocenters. The standard InChI is InChI=1S/C13H21N3/c1-14-11-12-7-6-8-13(15-12)16-9-4-2-3-5-10-16/h6-8,14H,2-5,9-11H2,1H3. The molecule has 3 heteroatoms. The summed E-state index contributed by atoms with van der Waals surface area (Å²) in [5, 5.41) is 3.15. The smallest absolute Gasteiger partial charge is 0.128 e. The normalized spacial score (nSPS) is 17.2. The quantitative estimate of drug-likeness (QED) is 0.844. The molecule has 16 heavy (non-hydrogen) atoms. The number of nitrogens with one attached hydrogen (secondary N) is 1. The molecule has 1 aromatic heterocycles. The molecule has 0 spiro atoms. The highest BCUT2D eigenvalue weighted by Gasteiger charge is 2.10. The maximum atomic E-state index is 4.69. The highest BCUT2D eigenvalue weighted by molar-refractivity contribution is 5.39. The first-order valence-electron chi connectivity index (χ1n) is 6.25. The molecule has 1 aliphatic heterocycles. The minimum atomic E-state index is 0.849. The summed E-state index contributed by atoms with van der Waals surface area (Å²) in [6.07, 6.45) is 5.34. The Labute approximate surface area is 97.9 Å². The highest BCUT2D eigenvalue weighted by atomic mass is 15.2. The van der Waals surface area contributed by atoms with Crippen molar-refractivity contribution in [3.8, 4) is 0 Å². The van der Waals surface area contributed by atoms with E-state index in [-0.39, 0.29) is 0 Å². The molecular weight excluding hydrogens is 198 g/mol. The number of rotatable bonds is 3. The minimum absolute atomic E-state index is 0.849. The van der Waals surface area contributed by atoms with Crippen LogP contribution >= 0.6 is 0 Å². The molecule has 1 N–H and O–H groups in total. The summed E-state index contributed by atoms with van der Waals surface area (Å²) in [4.78, 5) is 7.11. The van der Waals surface area contributed by atoms with Gasteiger partial charge in [0.25, 0.3) is 0 Å². The van der Waals surface area contributed by atoms with Crippen LogP contribution in [-0.2, 0) is 6.54 Å². The van der Waals surface area contributed by atoms with E-state index in [1.807, 2.05) is 7.05 Å². The van der Waals surface area contributed by atoms with Gasteiger partial charge in [-0.3, -0.25) is 0 Å². The van der Waals surface area contributed by atoms with Gasteiger partial charge in [0.05, 0.1) is 5.69 Å². The van der Waals surface area contributed by atoms with E-state index in [1.54, 1.807) is 0 Å². The van der Waals surface area contributed by atoms with E-state index in [4.69, 9.17) is 4.98 Å². The van der Waals surface area contributed by atoms with Gasteiger partial charge < -0.3 is 10.2 Å². The van der Waals surface area contributed by atoms with Crippen molar-refractivity contribution >= 4 is 5.82 Å². The Morgan fingerprint density at radius 2 is 1.94 bits per heavy atom. The van der Waals surface area contributed by atoms with Gasteiger partial charge in [-0.2, -0.15) is 0 Å². The fraction of sp³-hybridized carbons (Fsp3) is 0.615. The first-order chi connectivity index (χ1) is 7.90. The molecule has 0 bridgehead atoms. The first kappa shape index (κ1) is 11.4. The zero-order valence-corrected chi connectivity index (χ0v) is 10.1. The van der Waals surface area contributed by atoms with Crippen LogP contribution in [0.5, 0.6) is 0 Å². The first-order valence-corrected chi connectivity index (χ1v) is 6.25. The number of anilines is 1. The fourth-order valence-electron chi connectivity index (χ4n) is 2.22. The molecule has 3 nitrogen and oxygen atoms in total. The summed E-state index contributed by atoms with van der Waals surface area (Å²) in [5.41, 5.74) is 1.13. The summed E-state index contributed by atoms with van der Waals surface area (Å²) in [6.45, 7) is 3.17. The van der Waals surface area contributed by atoms with Crippen molar-refractivity contribution in [2.75, 3.05) is 25.0 Å². The third-order valence-electron chi connectivity index (χ3n) is 3.08. The molecule has 88 valence electrons. The second kappa shape index (κ2) is 5.85. The van der Waals surface area contributed by atoms with E-state index < -0.39 is 0 Å². The van der Waals surface area contributed by atoms with E-state index in [0.29, 0.717) is 0 Å². The van der Waals surface area contributed by atoms with Gasteiger partial charge in [-0.25, -0.2) is 4.98 Å². The average molecular weight is 219 g/mol. The van der Waals surface area contributed by atoms with Crippen LogP contribution in [0, 0.1) is 0 Å². The van der Waals surface area contributed by atoms with Crippen molar-refractivity contribution in [3.05, 3.63) is 23.9 Å². The Balaban J connectivity index is 2.08. The predicted octanol–water partition coefficient (Wildman–Crippen LogP) is 2.18. The molecule has 0 amide bonds. The van der Waals surface area contributed by atoms with Gasteiger partial charge in [0, 0.05) is 19.6 Å². The van der Waals surface area contributed by atoms with Crippen molar-refractivity contribution in [1.29, 1.82) is 0 Å². The van der Waals surface area contributed by atoms with Crippen LogP contribution in [-0.4, -0.2) is 25.1 Å². The molecule has 0 aromatic carbocycles. The Morgan fingerprint density at radius 1 is 1.19 bits per heavy atom. The van der Waals surface area contributed by atoms with Gasteiger partial charge in [-0.05, 0) is 32.0 Å². The SMILES string of the molecule is CNCc1cccc(N2CCCCCC2)n1. The van der Waals surface area contributed by atoms with Crippen molar-refractivity contribution in [2.45, 2.75) is 32.2 Å². The Bertz CT molecular complexity index is 317. The highest BCUT2D eigenvalue weighted by Crippen LogP contribution is 2.17. The molecule has 2 rings (SSSR count). The monoisotopic (exact) mass is 219 g/mol. The zero-order chi connectivity index (χ0) is 11.2. The average Bonchev–Trinajstić information content (AvgIpc) is 2.58. The molecule has 0 atom stereocenters. The van der Waals surface area contributed by atoms with Gasteiger partial charge in [0.1, 0.15) is 5.82 Å². The molecule has 2 heterocycles. The fourth-order valence-corrected chi connectivity index (χ4v) is 2.22. The molecular formula is C13H21N3. The van der Waals surface area contributed by atoms with Gasteiger partial charge in [0.2, 0.25) is 0 Å². The number of hydrogen-bond donors (Lipinski definition) is 1. The number of aromatic nitrogens is 1. The molecule has 1 fully saturated rings. The number of pyridine rings is 1. The van der Waals surface area contributed by atoms with E-state index in [2.05, 4.69) is 28.4 Å². The number of hydrogen-bond acceptors (Lipinski definition) is 3. The van der Waals surface area contributed by atoms with Crippen molar-refractivity contribution < 1.29 is 0 Å². The van der Waals surface area contributed by atoms with Crippen molar-refractivity contribution in [3.63, 3.8) is 0 Å². The molecule has 1 aliphatic rings. The van der Waals surface area contributed by atoms with Crippen LogP contribution in [0.2, 0.25) is 0 Å². The summed E-state index contributed by atoms with van der Waals surface area (Å²) < 4.78 is 0. The lowest BCUT2D eigenvalue weighted by atomic mass is 10.2. The second-order valence-electron chi connectivity index (χ2n) is 4.42. The van der Waals surface area contributed by atoms with E-state index in [1.165, 1.54) is 25.7 Å². The van der Waals surface area contributed by atoms with Gasteiger partial charge >= 0.3 is 0 Å². The molecule has 1 saturated heterocycles. The van der Waals surface area contributed by atoms with E-state index in [0.717, 1.165) is 31.1 Å². The lowest BCUT2D eigenvalue weighted by Gasteiger charge is -2.21. The predicted molar refractivity (Wildman–Crippen MR) is 67.7 cm³/mol. The lowest BCUT2D eigenvalue weighted by molar-refractivity contribution is 0.726. The summed E-state index contributed by atoms with van der Waals surface area (Å²) in [5.74, 6) is 1.15. The van der Waals surface area contributed by atoms with Gasteiger partial charge in [-0.15, -0.1) is 0 Å². The van der Waals surface area contributed by atoms with E-state index in [9.17, 15) is 0 Å². The van der Waals surface area contributed by atoms with Crippen LogP contribution in [0.4, 0.5) is 5.82 Å².